The molecule has 1 amide bonds. The van der Waals surface area contributed by atoms with Crippen LogP contribution in [0.1, 0.15) is 10.4 Å². The zero-order valence-corrected chi connectivity index (χ0v) is 9.96. The van der Waals surface area contributed by atoms with E-state index in [1.807, 2.05) is 14.1 Å². The molecular formula is C12H15N3O2. The Hall–Kier alpha value is -1.62. The normalized spacial score (nSPS) is 28.4. The van der Waals surface area contributed by atoms with Crippen molar-refractivity contribution in [3.05, 3.63) is 23.9 Å². The number of hydrogen-bond donors (Lipinski definition) is 0. The van der Waals surface area contributed by atoms with Crippen molar-refractivity contribution in [1.29, 1.82) is 0 Å². The van der Waals surface area contributed by atoms with Gasteiger partial charge in [-0.1, -0.05) is 0 Å². The number of likely N-dealkylation sites (tertiary alicyclic amines) is 1. The van der Waals surface area contributed by atoms with Crippen molar-refractivity contribution >= 4 is 5.91 Å². The van der Waals surface area contributed by atoms with E-state index in [0.29, 0.717) is 11.4 Å². The summed E-state index contributed by atoms with van der Waals surface area (Å²) in [6.07, 6.45) is 1.68. The Morgan fingerprint density at radius 2 is 2.24 bits per heavy atom. The van der Waals surface area contributed by atoms with E-state index in [1.54, 1.807) is 23.2 Å². The fourth-order valence-corrected chi connectivity index (χ4v) is 2.56. The van der Waals surface area contributed by atoms with Crippen molar-refractivity contribution < 1.29 is 9.53 Å². The minimum absolute atomic E-state index is 0.00380. The van der Waals surface area contributed by atoms with Crippen molar-refractivity contribution in [3.63, 3.8) is 0 Å². The van der Waals surface area contributed by atoms with Crippen LogP contribution in [0, 0.1) is 0 Å². The highest BCUT2D eigenvalue weighted by Crippen LogP contribution is 2.28. The molecule has 1 fully saturated rings. The first-order chi connectivity index (χ1) is 8.16. The maximum atomic E-state index is 12.3. The number of nitrogens with zero attached hydrogens (tertiary/aromatic N) is 3. The van der Waals surface area contributed by atoms with Gasteiger partial charge < -0.3 is 14.5 Å². The van der Waals surface area contributed by atoms with E-state index in [-0.39, 0.29) is 18.1 Å². The fraction of sp³-hybridized carbons (Fsp3) is 0.500. The van der Waals surface area contributed by atoms with Gasteiger partial charge in [0.05, 0.1) is 6.04 Å². The zero-order chi connectivity index (χ0) is 12.0. The second-order valence-electron chi connectivity index (χ2n) is 4.72. The van der Waals surface area contributed by atoms with Gasteiger partial charge in [0.1, 0.15) is 11.7 Å². The number of fused-ring (bicyclic) bond motifs is 2. The Labute approximate surface area is 100.0 Å². The van der Waals surface area contributed by atoms with Gasteiger partial charge in [-0.05, 0) is 19.2 Å². The van der Waals surface area contributed by atoms with E-state index in [0.717, 1.165) is 13.1 Å². The second-order valence-corrected chi connectivity index (χ2v) is 4.72. The van der Waals surface area contributed by atoms with Crippen LogP contribution in [0.5, 0.6) is 5.88 Å². The van der Waals surface area contributed by atoms with E-state index < -0.39 is 0 Å². The van der Waals surface area contributed by atoms with Gasteiger partial charge in [0.2, 0.25) is 5.88 Å². The Morgan fingerprint density at radius 1 is 1.41 bits per heavy atom. The zero-order valence-electron chi connectivity index (χ0n) is 9.96. The number of carbonyl (C=O) groups is 1. The summed E-state index contributed by atoms with van der Waals surface area (Å²) in [5.41, 5.74) is 0.562. The van der Waals surface area contributed by atoms with Gasteiger partial charge in [-0.15, -0.1) is 0 Å². The van der Waals surface area contributed by atoms with Gasteiger partial charge in [0.15, 0.2) is 0 Å². The first-order valence-electron chi connectivity index (χ1n) is 5.74. The molecule has 0 aromatic carbocycles. The summed E-state index contributed by atoms with van der Waals surface area (Å²) >= 11 is 0. The lowest BCUT2D eigenvalue weighted by Crippen LogP contribution is -2.44. The summed E-state index contributed by atoms with van der Waals surface area (Å²) in [7, 11) is 3.88. The standard InChI is InChI=1S/C12H15N3O2/c1-14-6-9-10(7-14)17-11-8(4-3-5-13-11)12(16)15(9)2/h3-5,9-10H,6-7H2,1-2H3. The van der Waals surface area contributed by atoms with Crippen molar-refractivity contribution in [2.24, 2.45) is 0 Å². The van der Waals surface area contributed by atoms with Crippen LogP contribution in [0.15, 0.2) is 18.3 Å². The number of aromatic nitrogens is 1. The molecule has 2 unspecified atom stereocenters. The molecule has 90 valence electrons. The third-order valence-corrected chi connectivity index (χ3v) is 3.50. The highest BCUT2D eigenvalue weighted by molar-refractivity contribution is 5.96. The van der Waals surface area contributed by atoms with Gasteiger partial charge >= 0.3 is 0 Å². The third-order valence-electron chi connectivity index (χ3n) is 3.50. The maximum Gasteiger partial charge on any atom is 0.259 e. The van der Waals surface area contributed by atoms with E-state index in [2.05, 4.69) is 9.88 Å². The molecule has 1 aromatic heterocycles. The highest BCUT2D eigenvalue weighted by Gasteiger charge is 2.41. The topological polar surface area (TPSA) is 45.7 Å². The minimum atomic E-state index is -0.00380. The van der Waals surface area contributed by atoms with E-state index >= 15 is 0 Å². The van der Waals surface area contributed by atoms with Crippen molar-refractivity contribution in [2.45, 2.75) is 12.1 Å². The summed E-state index contributed by atoms with van der Waals surface area (Å²) in [6, 6.07) is 3.65. The van der Waals surface area contributed by atoms with Crippen molar-refractivity contribution in [2.75, 3.05) is 27.2 Å². The fourth-order valence-electron chi connectivity index (χ4n) is 2.56. The molecule has 2 atom stereocenters. The Balaban J connectivity index is 2.04. The van der Waals surface area contributed by atoms with Crippen LogP contribution in [0.3, 0.4) is 0 Å². The van der Waals surface area contributed by atoms with Gasteiger partial charge in [-0.25, -0.2) is 4.98 Å². The highest BCUT2D eigenvalue weighted by atomic mass is 16.5. The monoisotopic (exact) mass is 233 g/mol. The van der Waals surface area contributed by atoms with Crippen molar-refractivity contribution in [1.82, 2.24) is 14.8 Å². The SMILES string of the molecule is CN1CC2Oc3ncccc3C(=O)N(C)C2C1. The number of ether oxygens (including phenoxy) is 1. The third kappa shape index (κ3) is 1.58. The Kier molecular flexibility index (Phi) is 2.29. The molecule has 0 spiro atoms. The molecule has 0 bridgehead atoms. The van der Waals surface area contributed by atoms with Gasteiger partial charge in [0, 0.05) is 26.3 Å². The van der Waals surface area contributed by atoms with Crippen LogP contribution in [-0.4, -0.2) is 60.0 Å². The van der Waals surface area contributed by atoms with Gasteiger partial charge in [-0.2, -0.15) is 0 Å². The van der Waals surface area contributed by atoms with Gasteiger partial charge in [-0.3, -0.25) is 4.79 Å². The summed E-state index contributed by atoms with van der Waals surface area (Å²) in [5, 5.41) is 0. The number of amides is 1. The summed E-state index contributed by atoms with van der Waals surface area (Å²) in [5.74, 6) is 0.461. The number of rotatable bonds is 0. The van der Waals surface area contributed by atoms with Crippen LogP contribution < -0.4 is 4.74 Å². The van der Waals surface area contributed by atoms with Crippen LogP contribution in [0.4, 0.5) is 0 Å². The average Bonchev–Trinajstić information content (AvgIpc) is 2.65. The molecule has 2 aliphatic rings. The maximum absolute atomic E-state index is 12.3. The van der Waals surface area contributed by atoms with Crippen LogP contribution in [0.25, 0.3) is 0 Å². The Bertz CT molecular complexity index is 463. The molecule has 2 aliphatic heterocycles. The number of carbonyl (C=O) groups excluding carboxylic acids is 1. The molecule has 5 heteroatoms. The lowest BCUT2D eigenvalue weighted by Gasteiger charge is -2.24. The predicted molar refractivity (Wildman–Crippen MR) is 62.0 cm³/mol. The first kappa shape index (κ1) is 10.5. The molecule has 1 aromatic rings. The number of hydrogen-bond acceptors (Lipinski definition) is 4. The van der Waals surface area contributed by atoms with Crippen LogP contribution >= 0.6 is 0 Å². The summed E-state index contributed by atoms with van der Waals surface area (Å²) in [6.45, 7) is 1.68. The molecule has 0 radical (unpaired) electrons. The molecule has 0 aliphatic carbocycles. The molecular weight excluding hydrogens is 218 g/mol. The predicted octanol–water partition coefficient (Wildman–Crippen LogP) is 0.229. The van der Waals surface area contributed by atoms with Crippen molar-refractivity contribution in [3.8, 4) is 5.88 Å². The van der Waals surface area contributed by atoms with E-state index in [1.165, 1.54) is 0 Å². The Morgan fingerprint density at radius 3 is 3.06 bits per heavy atom. The van der Waals surface area contributed by atoms with E-state index in [4.69, 9.17) is 4.74 Å². The lowest BCUT2D eigenvalue weighted by molar-refractivity contribution is 0.0680. The number of pyridine rings is 1. The molecule has 17 heavy (non-hydrogen) atoms. The smallest absolute Gasteiger partial charge is 0.259 e. The molecule has 3 heterocycles. The molecule has 5 nitrogen and oxygen atoms in total. The number of likely N-dealkylation sites (N-methyl/N-ethyl adjacent to an activating group) is 2. The minimum Gasteiger partial charge on any atom is -0.470 e. The quantitative estimate of drug-likeness (QED) is 0.643. The molecule has 0 N–H and O–H groups in total. The molecule has 1 saturated heterocycles. The van der Waals surface area contributed by atoms with Crippen LogP contribution in [0.2, 0.25) is 0 Å². The molecule has 3 rings (SSSR count). The molecule has 0 saturated carbocycles. The lowest BCUT2D eigenvalue weighted by atomic mass is 10.2. The summed E-state index contributed by atoms with van der Waals surface area (Å²) < 4.78 is 5.88. The van der Waals surface area contributed by atoms with E-state index in [9.17, 15) is 4.79 Å². The van der Waals surface area contributed by atoms with Gasteiger partial charge in [0.25, 0.3) is 5.91 Å². The second kappa shape index (κ2) is 3.70. The van der Waals surface area contributed by atoms with Crippen LogP contribution in [-0.2, 0) is 0 Å². The average molecular weight is 233 g/mol. The summed E-state index contributed by atoms with van der Waals surface area (Å²) in [4.78, 5) is 20.4. The largest absolute Gasteiger partial charge is 0.470 e. The first-order valence-corrected chi connectivity index (χ1v) is 5.74.